The predicted octanol–water partition coefficient (Wildman–Crippen LogP) is 2.91. The Morgan fingerprint density at radius 3 is 2.68 bits per heavy atom. The molecule has 8 heteroatoms. The van der Waals surface area contributed by atoms with Gasteiger partial charge in [0.2, 0.25) is 0 Å². The van der Waals surface area contributed by atoms with E-state index in [9.17, 15) is 13.2 Å². The van der Waals surface area contributed by atoms with E-state index in [0.717, 1.165) is 11.3 Å². The zero-order valence-electron chi connectivity index (χ0n) is 11.8. The van der Waals surface area contributed by atoms with Crippen LogP contribution in [-0.4, -0.2) is 24.9 Å². The summed E-state index contributed by atoms with van der Waals surface area (Å²) in [7, 11) is 1.38. The Hall–Kier alpha value is -2.22. The highest BCUT2D eigenvalue weighted by Gasteiger charge is 2.29. The average Bonchev–Trinajstić information content (AvgIpc) is 2.98. The second-order valence-corrected chi connectivity index (χ2v) is 4.47. The Balaban J connectivity index is 1.93. The van der Waals surface area contributed by atoms with Gasteiger partial charge in [0.25, 0.3) is 0 Å². The zero-order valence-corrected chi connectivity index (χ0v) is 11.8. The van der Waals surface area contributed by atoms with Crippen LogP contribution in [0.15, 0.2) is 35.3 Å². The van der Waals surface area contributed by atoms with Gasteiger partial charge in [-0.25, -0.2) is 4.98 Å². The lowest BCUT2D eigenvalue weighted by molar-refractivity contribution is -0.153. The number of halogens is 3. The van der Waals surface area contributed by atoms with Gasteiger partial charge in [0.05, 0.1) is 12.8 Å². The van der Waals surface area contributed by atoms with E-state index in [1.54, 1.807) is 12.1 Å². The second kappa shape index (κ2) is 7.17. The van der Waals surface area contributed by atoms with Crippen molar-refractivity contribution in [1.29, 1.82) is 0 Å². The largest absolute Gasteiger partial charge is 0.493 e. The fourth-order valence-electron chi connectivity index (χ4n) is 1.76. The Morgan fingerprint density at radius 2 is 2.05 bits per heavy atom. The summed E-state index contributed by atoms with van der Waals surface area (Å²) in [5.74, 6) is 0.310. The van der Waals surface area contributed by atoms with Gasteiger partial charge in [0.15, 0.2) is 24.5 Å². The van der Waals surface area contributed by atoms with E-state index in [1.165, 1.54) is 25.8 Å². The first-order valence-corrected chi connectivity index (χ1v) is 6.42. The van der Waals surface area contributed by atoms with Crippen molar-refractivity contribution in [3.63, 3.8) is 0 Å². The van der Waals surface area contributed by atoms with Crippen molar-refractivity contribution < 1.29 is 27.1 Å². The van der Waals surface area contributed by atoms with Crippen LogP contribution in [0.2, 0.25) is 0 Å². The van der Waals surface area contributed by atoms with E-state index < -0.39 is 12.8 Å². The van der Waals surface area contributed by atoms with Crippen LogP contribution in [0.4, 0.5) is 13.2 Å². The molecule has 0 fully saturated rings. The van der Waals surface area contributed by atoms with Crippen molar-refractivity contribution in [2.24, 2.45) is 0 Å². The third-order valence-electron chi connectivity index (χ3n) is 2.74. The summed E-state index contributed by atoms with van der Waals surface area (Å²) in [5.41, 5.74) is 1.61. The minimum absolute atomic E-state index is 0.0556. The number of nitrogens with one attached hydrogen (secondary N) is 1. The van der Waals surface area contributed by atoms with Gasteiger partial charge < -0.3 is 19.2 Å². The van der Waals surface area contributed by atoms with Crippen molar-refractivity contribution in [2.45, 2.75) is 19.3 Å². The lowest BCUT2D eigenvalue weighted by atomic mass is 10.2. The topological polar surface area (TPSA) is 56.5 Å². The standard InChI is InChI=1S/C14H15F3N2O3/c1-20-13-4-10(5-18-6-11-7-21-9-19-11)2-3-12(13)22-8-14(15,16)17/h2-4,7,9,18H,5-6,8H2,1H3. The number of rotatable bonds is 7. The molecule has 2 rings (SSSR count). The molecule has 0 saturated heterocycles. The van der Waals surface area contributed by atoms with Crippen LogP contribution in [0.3, 0.4) is 0 Å². The Morgan fingerprint density at radius 1 is 1.23 bits per heavy atom. The van der Waals surface area contributed by atoms with E-state index in [2.05, 4.69) is 10.3 Å². The molecule has 0 bridgehead atoms. The highest BCUT2D eigenvalue weighted by Crippen LogP contribution is 2.29. The summed E-state index contributed by atoms with van der Waals surface area (Å²) in [6, 6.07) is 4.75. The van der Waals surface area contributed by atoms with Crippen molar-refractivity contribution in [3.05, 3.63) is 42.1 Å². The maximum absolute atomic E-state index is 12.2. The number of aromatic nitrogens is 1. The number of hydrogen-bond acceptors (Lipinski definition) is 5. The van der Waals surface area contributed by atoms with Gasteiger partial charge in [0, 0.05) is 13.1 Å². The SMILES string of the molecule is COc1cc(CNCc2cocn2)ccc1OCC(F)(F)F. The van der Waals surface area contributed by atoms with Gasteiger partial charge >= 0.3 is 6.18 Å². The molecule has 0 unspecified atom stereocenters. The van der Waals surface area contributed by atoms with Gasteiger partial charge in [-0.05, 0) is 17.7 Å². The van der Waals surface area contributed by atoms with E-state index in [4.69, 9.17) is 13.9 Å². The molecule has 5 nitrogen and oxygen atoms in total. The van der Waals surface area contributed by atoms with Gasteiger partial charge in [-0.3, -0.25) is 0 Å². The Kier molecular flexibility index (Phi) is 5.26. The monoisotopic (exact) mass is 316 g/mol. The third kappa shape index (κ3) is 4.96. The quantitative estimate of drug-likeness (QED) is 0.851. The maximum Gasteiger partial charge on any atom is 0.422 e. The van der Waals surface area contributed by atoms with E-state index in [-0.39, 0.29) is 11.5 Å². The summed E-state index contributed by atoms with van der Waals surface area (Å²) in [6.07, 6.45) is -1.52. The molecule has 1 heterocycles. The van der Waals surface area contributed by atoms with E-state index in [1.807, 2.05) is 0 Å². The van der Waals surface area contributed by atoms with Gasteiger partial charge in [-0.2, -0.15) is 13.2 Å². The number of ether oxygens (including phenoxy) is 2. The molecular formula is C14H15F3N2O3. The molecular weight excluding hydrogens is 301 g/mol. The maximum atomic E-state index is 12.2. The lowest BCUT2D eigenvalue weighted by Crippen LogP contribution is -2.19. The molecule has 1 N–H and O–H groups in total. The highest BCUT2D eigenvalue weighted by atomic mass is 19.4. The third-order valence-corrected chi connectivity index (χ3v) is 2.74. The summed E-state index contributed by atoms with van der Waals surface area (Å²) < 4.78 is 51.1. The number of hydrogen-bond donors (Lipinski definition) is 1. The molecule has 0 saturated carbocycles. The summed E-state index contributed by atoms with van der Waals surface area (Å²) in [5, 5.41) is 3.13. The lowest BCUT2D eigenvalue weighted by Gasteiger charge is -2.13. The molecule has 0 amide bonds. The van der Waals surface area contributed by atoms with Crippen molar-refractivity contribution in [2.75, 3.05) is 13.7 Å². The second-order valence-electron chi connectivity index (χ2n) is 4.47. The van der Waals surface area contributed by atoms with Crippen LogP contribution in [0.5, 0.6) is 11.5 Å². The minimum atomic E-state index is -4.39. The van der Waals surface area contributed by atoms with Crippen LogP contribution in [0.1, 0.15) is 11.3 Å². The molecule has 22 heavy (non-hydrogen) atoms. The molecule has 2 aromatic rings. The van der Waals surface area contributed by atoms with Crippen molar-refractivity contribution >= 4 is 0 Å². The summed E-state index contributed by atoms with van der Waals surface area (Å²) in [6.45, 7) is -0.332. The fraction of sp³-hybridized carbons (Fsp3) is 0.357. The molecule has 0 radical (unpaired) electrons. The van der Waals surface area contributed by atoms with Crippen LogP contribution in [-0.2, 0) is 13.1 Å². The summed E-state index contributed by atoms with van der Waals surface area (Å²) in [4.78, 5) is 3.96. The van der Waals surface area contributed by atoms with Crippen molar-refractivity contribution in [1.82, 2.24) is 10.3 Å². The zero-order chi connectivity index (χ0) is 16.0. The van der Waals surface area contributed by atoms with Gasteiger partial charge in [0.1, 0.15) is 6.26 Å². The molecule has 0 aliphatic carbocycles. The predicted molar refractivity (Wildman–Crippen MR) is 71.6 cm³/mol. The smallest absolute Gasteiger partial charge is 0.422 e. The van der Waals surface area contributed by atoms with E-state index in [0.29, 0.717) is 13.1 Å². The van der Waals surface area contributed by atoms with Crippen LogP contribution in [0.25, 0.3) is 0 Å². The molecule has 0 aliphatic heterocycles. The highest BCUT2D eigenvalue weighted by molar-refractivity contribution is 5.43. The molecule has 0 aliphatic rings. The van der Waals surface area contributed by atoms with Gasteiger partial charge in [-0.15, -0.1) is 0 Å². The van der Waals surface area contributed by atoms with Crippen LogP contribution in [0, 0.1) is 0 Å². The molecule has 120 valence electrons. The van der Waals surface area contributed by atoms with Crippen molar-refractivity contribution in [3.8, 4) is 11.5 Å². The molecule has 0 atom stereocenters. The normalized spacial score (nSPS) is 11.5. The number of oxazole rings is 1. The van der Waals surface area contributed by atoms with Crippen LogP contribution < -0.4 is 14.8 Å². The number of methoxy groups -OCH3 is 1. The Bertz CT molecular complexity index is 586. The molecule has 0 spiro atoms. The molecule has 1 aromatic heterocycles. The Labute approximate surface area is 125 Å². The van der Waals surface area contributed by atoms with E-state index >= 15 is 0 Å². The minimum Gasteiger partial charge on any atom is -0.493 e. The first kappa shape index (κ1) is 16.2. The molecule has 1 aromatic carbocycles. The number of nitrogens with zero attached hydrogens (tertiary/aromatic N) is 1. The number of benzene rings is 1. The average molecular weight is 316 g/mol. The van der Waals surface area contributed by atoms with Crippen LogP contribution >= 0.6 is 0 Å². The van der Waals surface area contributed by atoms with Gasteiger partial charge in [-0.1, -0.05) is 6.07 Å². The number of alkyl halides is 3. The fourth-order valence-corrected chi connectivity index (χ4v) is 1.76. The summed E-state index contributed by atoms with van der Waals surface area (Å²) >= 11 is 0. The first-order valence-electron chi connectivity index (χ1n) is 6.42. The first-order chi connectivity index (χ1) is 10.5.